The molecule has 1 aliphatic carbocycles. The average molecular weight is 296 g/mol. The van der Waals surface area contributed by atoms with E-state index in [1.54, 1.807) is 0 Å². The molecule has 2 aliphatic rings. The van der Waals surface area contributed by atoms with E-state index >= 15 is 0 Å². The first kappa shape index (κ1) is 16.1. The SMILES string of the molecule is CC1CCC(CNC(=O)N2CCCC(C)(C)C2C(=O)O)C1. The predicted molar refractivity (Wildman–Crippen MR) is 81.0 cm³/mol. The Balaban J connectivity index is 1.95. The molecule has 1 heterocycles. The van der Waals surface area contributed by atoms with Gasteiger partial charge < -0.3 is 15.3 Å². The summed E-state index contributed by atoms with van der Waals surface area (Å²) in [6.45, 7) is 7.32. The summed E-state index contributed by atoms with van der Waals surface area (Å²) >= 11 is 0. The molecule has 21 heavy (non-hydrogen) atoms. The van der Waals surface area contributed by atoms with E-state index in [9.17, 15) is 14.7 Å². The van der Waals surface area contributed by atoms with Gasteiger partial charge in [-0.3, -0.25) is 0 Å². The highest BCUT2D eigenvalue weighted by molar-refractivity contribution is 5.83. The number of carboxylic acid groups (broad SMARTS) is 1. The topological polar surface area (TPSA) is 69.6 Å². The zero-order valence-electron chi connectivity index (χ0n) is 13.4. The van der Waals surface area contributed by atoms with Crippen molar-refractivity contribution in [2.45, 2.75) is 58.9 Å². The molecular formula is C16H28N2O3. The second kappa shape index (κ2) is 6.24. The van der Waals surface area contributed by atoms with E-state index in [-0.39, 0.29) is 11.4 Å². The number of rotatable bonds is 3. The summed E-state index contributed by atoms with van der Waals surface area (Å²) in [6.07, 6.45) is 5.26. The van der Waals surface area contributed by atoms with Crippen LogP contribution in [0.5, 0.6) is 0 Å². The fraction of sp³-hybridized carbons (Fsp3) is 0.875. The Hall–Kier alpha value is -1.26. The molecule has 0 aromatic rings. The molecule has 1 saturated carbocycles. The van der Waals surface area contributed by atoms with E-state index in [0.717, 1.165) is 31.6 Å². The summed E-state index contributed by atoms with van der Waals surface area (Å²) in [5.74, 6) is 0.391. The van der Waals surface area contributed by atoms with Crippen molar-refractivity contribution in [3.05, 3.63) is 0 Å². The minimum atomic E-state index is -0.899. The third kappa shape index (κ3) is 3.69. The minimum Gasteiger partial charge on any atom is -0.480 e. The molecule has 1 aliphatic heterocycles. The first-order chi connectivity index (χ1) is 9.81. The number of nitrogens with zero attached hydrogens (tertiary/aromatic N) is 1. The van der Waals surface area contributed by atoms with Crippen molar-refractivity contribution in [3.63, 3.8) is 0 Å². The van der Waals surface area contributed by atoms with Crippen LogP contribution in [0.15, 0.2) is 0 Å². The Kier molecular flexibility index (Phi) is 4.79. The maximum absolute atomic E-state index is 12.4. The summed E-state index contributed by atoms with van der Waals surface area (Å²) in [5.41, 5.74) is -0.372. The summed E-state index contributed by atoms with van der Waals surface area (Å²) in [4.78, 5) is 25.5. The van der Waals surface area contributed by atoms with Gasteiger partial charge in [-0.1, -0.05) is 27.2 Å². The second-order valence-corrected chi connectivity index (χ2v) is 7.50. The third-order valence-electron chi connectivity index (χ3n) is 5.11. The zero-order chi connectivity index (χ0) is 15.6. The van der Waals surface area contributed by atoms with E-state index in [1.807, 2.05) is 13.8 Å². The van der Waals surface area contributed by atoms with Gasteiger partial charge in [-0.2, -0.15) is 0 Å². The molecule has 2 rings (SSSR count). The van der Waals surface area contributed by atoms with Gasteiger partial charge in [0.25, 0.3) is 0 Å². The van der Waals surface area contributed by atoms with Crippen LogP contribution in [0.3, 0.4) is 0 Å². The standard InChI is InChI=1S/C16H28N2O3/c1-11-5-6-12(9-11)10-17-15(21)18-8-4-7-16(2,3)13(18)14(19)20/h11-13H,4-10H2,1-3H3,(H,17,21)(H,19,20). The van der Waals surface area contributed by atoms with Crippen LogP contribution in [-0.2, 0) is 4.79 Å². The highest BCUT2D eigenvalue weighted by Crippen LogP contribution is 2.35. The maximum Gasteiger partial charge on any atom is 0.327 e. The predicted octanol–water partition coefficient (Wildman–Crippen LogP) is 2.71. The van der Waals surface area contributed by atoms with Gasteiger partial charge in [-0.15, -0.1) is 0 Å². The number of nitrogens with one attached hydrogen (secondary N) is 1. The summed E-state index contributed by atoms with van der Waals surface area (Å²) in [5, 5.41) is 12.4. The lowest BCUT2D eigenvalue weighted by atomic mass is 9.76. The lowest BCUT2D eigenvalue weighted by Gasteiger charge is -2.43. The largest absolute Gasteiger partial charge is 0.480 e. The van der Waals surface area contributed by atoms with Crippen molar-refractivity contribution >= 4 is 12.0 Å². The van der Waals surface area contributed by atoms with Gasteiger partial charge in [-0.05, 0) is 42.9 Å². The van der Waals surface area contributed by atoms with E-state index in [2.05, 4.69) is 12.2 Å². The molecule has 5 nitrogen and oxygen atoms in total. The van der Waals surface area contributed by atoms with E-state index in [1.165, 1.54) is 11.3 Å². The molecule has 5 heteroatoms. The van der Waals surface area contributed by atoms with Crippen LogP contribution in [-0.4, -0.2) is 41.1 Å². The van der Waals surface area contributed by atoms with Gasteiger partial charge in [0.15, 0.2) is 0 Å². The quantitative estimate of drug-likeness (QED) is 0.841. The molecule has 0 bridgehead atoms. The third-order valence-corrected chi connectivity index (χ3v) is 5.11. The van der Waals surface area contributed by atoms with E-state index in [0.29, 0.717) is 19.0 Å². The molecule has 2 fully saturated rings. The van der Waals surface area contributed by atoms with E-state index < -0.39 is 12.0 Å². The van der Waals surface area contributed by atoms with Crippen LogP contribution in [0.4, 0.5) is 4.79 Å². The number of piperidine rings is 1. The van der Waals surface area contributed by atoms with E-state index in [4.69, 9.17) is 0 Å². The highest BCUT2D eigenvalue weighted by Gasteiger charge is 2.44. The van der Waals surface area contributed by atoms with Gasteiger partial charge in [0.2, 0.25) is 0 Å². The Labute approximate surface area is 127 Å². The number of hydrogen-bond acceptors (Lipinski definition) is 2. The monoisotopic (exact) mass is 296 g/mol. The first-order valence-electron chi connectivity index (χ1n) is 8.08. The van der Waals surface area contributed by atoms with Crippen molar-refractivity contribution in [1.82, 2.24) is 10.2 Å². The van der Waals surface area contributed by atoms with Gasteiger partial charge in [0.1, 0.15) is 6.04 Å². The summed E-state index contributed by atoms with van der Waals surface area (Å²) < 4.78 is 0. The molecule has 3 unspecified atom stereocenters. The fourth-order valence-corrected chi connectivity index (χ4v) is 3.92. The Morgan fingerprint density at radius 1 is 1.33 bits per heavy atom. The molecule has 3 atom stereocenters. The van der Waals surface area contributed by atoms with Crippen LogP contribution in [0.25, 0.3) is 0 Å². The van der Waals surface area contributed by atoms with Crippen molar-refractivity contribution in [2.75, 3.05) is 13.1 Å². The van der Waals surface area contributed by atoms with Gasteiger partial charge in [-0.25, -0.2) is 9.59 Å². The number of carboxylic acids is 1. The van der Waals surface area contributed by atoms with Gasteiger partial charge in [0, 0.05) is 13.1 Å². The van der Waals surface area contributed by atoms with Gasteiger partial charge >= 0.3 is 12.0 Å². The molecule has 0 aromatic carbocycles. The van der Waals surface area contributed by atoms with Crippen molar-refractivity contribution in [2.24, 2.45) is 17.3 Å². The van der Waals surface area contributed by atoms with Crippen molar-refractivity contribution in [3.8, 4) is 0 Å². The van der Waals surface area contributed by atoms with Crippen LogP contribution in [0.2, 0.25) is 0 Å². The molecule has 2 amide bonds. The fourth-order valence-electron chi connectivity index (χ4n) is 3.92. The zero-order valence-corrected chi connectivity index (χ0v) is 13.4. The molecule has 0 radical (unpaired) electrons. The number of likely N-dealkylation sites (tertiary alicyclic amines) is 1. The lowest BCUT2D eigenvalue weighted by Crippen LogP contribution is -2.59. The Morgan fingerprint density at radius 3 is 2.62 bits per heavy atom. The number of urea groups is 1. The summed E-state index contributed by atoms with van der Waals surface area (Å²) in [6, 6.07) is -0.941. The molecule has 0 spiro atoms. The molecule has 120 valence electrons. The van der Waals surface area contributed by atoms with Gasteiger partial charge in [0.05, 0.1) is 0 Å². The van der Waals surface area contributed by atoms with Crippen LogP contribution in [0, 0.1) is 17.3 Å². The second-order valence-electron chi connectivity index (χ2n) is 7.50. The lowest BCUT2D eigenvalue weighted by molar-refractivity contribution is -0.148. The summed E-state index contributed by atoms with van der Waals surface area (Å²) in [7, 11) is 0. The number of carbonyl (C=O) groups is 2. The number of hydrogen-bond donors (Lipinski definition) is 2. The molecule has 1 saturated heterocycles. The Bertz CT molecular complexity index is 408. The molecule has 2 N–H and O–H groups in total. The minimum absolute atomic E-state index is 0.213. The average Bonchev–Trinajstić information content (AvgIpc) is 2.79. The van der Waals surface area contributed by atoms with Crippen molar-refractivity contribution < 1.29 is 14.7 Å². The Morgan fingerprint density at radius 2 is 2.05 bits per heavy atom. The molecule has 0 aromatic heterocycles. The van der Waals surface area contributed by atoms with Crippen LogP contribution < -0.4 is 5.32 Å². The number of amides is 2. The normalized spacial score (nSPS) is 32.0. The first-order valence-corrected chi connectivity index (χ1v) is 8.08. The number of carbonyl (C=O) groups excluding carboxylic acids is 1. The van der Waals surface area contributed by atoms with Crippen LogP contribution in [0.1, 0.15) is 52.9 Å². The highest BCUT2D eigenvalue weighted by atomic mass is 16.4. The number of aliphatic carboxylic acids is 1. The smallest absolute Gasteiger partial charge is 0.327 e. The molecular weight excluding hydrogens is 268 g/mol. The van der Waals surface area contributed by atoms with Crippen molar-refractivity contribution in [1.29, 1.82) is 0 Å². The van der Waals surface area contributed by atoms with Crippen LogP contribution >= 0.6 is 0 Å². The maximum atomic E-state index is 12.4.